The highest BCUT2D eigenvalue weighted by molar-refractivity contribution is 4.71. The van der Waals surface area contributed by atoms with Gasteiger partial charge in [0.05, 0.1) is 6.61 Å². The molecule has 0 aromatic heterocycles. The van der Waals surface area contributed by atoms with E-state index in [-0.39, 0.29) is 12.6 Å². The molecule has 2 N–H and O–H groups in total. The second kappa shape index (κ2) is 9.53. The lowest BCUT2D eigenvalue weighted by Crippen LogP contribution is -2.36. The van der Waals surface area contributed by atoms with Crippen molar-refractivity contribution in [1.82, 2.24) is 0 Å². The topological polar surface area (TPSA) is 35.2 Å². The van der Waals surface area contributed by atoms with Crippen LogP contribution < -0.4 is 5.73 Å². The summed E-state index contributed by atoms with van der Waals surface area (Å²) >= 11 is 0. The fraction of sp³-hybridized carbons (Fsp3) is 1.00. The average Bonchev–Trinajstić information content (AvgIpc) is 2.33. The number of alkyl halides is 4. The summed E-state index contributed by atoms with van der Waals surface area (Å²) in [6.45, 7) is 2.77. The third kappa shape index (κ3) is 8.42. The van der Waals surface area contributed by atoms with Crippen molar-refractivity contribution in [2.45, 2.75) is 64.3 Å². The van der Waals surface area contributed by atoms with Crippen molar-refractivity contribution < 1.29 is 22.3 Å². The lowest BCUT2D eigenvalue weighted by atomic mass is 9.92. The zero-order chi connectivity index (χ0) is 14.9. The molecule has 0 saturated carbocycles. The Morgan fingerprint density at radius 1 is 1.21 bits per heavy atom. The Labute approximate surface area is 112 Å². The normalized spacial score (nSPS) is 15.8. The van der Waals surface area contributed by atoms with E-state index in [0.717, 1.165) is 25.7 Å². The molecule has 0 aliphatic heterocycles. The predicted octanol–water partition coefficient (Wildman–Crippen LogP) is 3.84. The van der Waals surface area contributed by atoms with Crippen molar-refractivity contribution in [1.29, 1.82) is 0 Å². The molecular weight excluding hydrogens is 262 g/mol. The standard InChI is InChI=1S/C13H25F4NO/c1-3-5-6-10(4-2)7-11(18)8-19-9-13(16,17)12(14)15/h10-12H,3-9,18H2,1-2H3. The maximum Gasteiger partial charge on any atom is 0.330 e. The molecule has 0 heterocycles. The van der Waals surface area contributed by atoms with Crippen molar-refractivity contribution in [2.24, 2.45) is 11.7 Å². The SMILES string of the molecule is CCCCC(CC)CC(N)COCC(F)(F)C(F)F. The number of ether oxygens (including phenoxy) is 1. The van der Waals surface area contributed by atoms with Gasteiger partial charge in [-0.1, -0.05) is 39.5 Å². The van der Waals surface area contributed by atoms with Crippen LogP contribution in [0.1, 0.15) is 46.0 Å². The molecule has 0 bridgehead atoms. The molecule has 2 atom stereocenters. The number of unbranched alkanes of at least 4 members (excludes halogenated alkanes) is 1. The maximum atomic E-state index is 12.6. The van der Waals surface area contributed by atoms with Gasteiger partial charge in [-0.25, -0.2) is 8.78 Å². The quantitative estimate of drug-likeness (QED) is 0.586. The van der Waals surface area contributed by atoms with Gasteiger partial charge in [-0.05, 0) is 12.3 Å². The first-order chi connectivity index (χ1) is 8.83. The summed E-state index contributed by atoms with van der Waals surface area (Å²) in [5.41, 5.74) is 5.77. The molecule has 0 spiro atoms. The monoisotopic (exact) mass is 287 g/mol. The number of hydrogen-bond acceptors (Lipinski definition) is 2. The van der Waals surface area contributed by atoms with E-state index in [4.69, 9.17) is 5.73 Å². The average molecular weight is 287 g/mol. The van der Waals surface area contributed by atoms with E-state index in [2.05, 4.69) is 18.6 Å². The molecule has 0 fully saturated rings. The highest BCUT2D eigenvalue weighted by atomic mass is 19.3. The second-order valence-corrected chi connectivity index (χ2v) is 4.99. The molecule has 19 heavy (non-hydrogen) atoms. The van der Waals surface area contributed by atoms with Crippen LogP contribution in [0.2, 0.25) is 0 Å². The molecule has 0 aliphatic carbocycles. The molecular formula is C13H25F4NO. The van der Waals surface area contributed by atoms with E-state index in [9.17, 15) is 17.6 Å². The van der Waals surface area contributed by atoms with Crippen molar-refractivity contribution >= 4 is 0 Å². The minimum absolute atomic E-state index is 0.106. The van der Waals surface area contributed by atoms with Crippen LogP contribution in [0.15, 0.2) is 0 Å². The van der Waals surface area contributed by atoms with E-state index in [1.165, 1.54) is 0 Å². The number of nitrogens with two attached hydrogens (primary N) is 1. The largest absolute Gasteiger partial charge is 0.373 e. The first-order valence-electron chi connectivity index (χ1n) is 6.82. The Hall–Kier alpha value is -0.360. The third-order valence-electron chi connectivity index (χ3n) is 3.13. The van der Waals surface area contributed by atoms with Gasteiger partial charge < -0.3 is 10.5 Å². The Balaban J connectivity index is 3.88. The number of halogens is 4. The number of hydrogen-bond donors (Lipinski definition) is 1. The fourth-order valence-electron chi connectivity index (χ4n) is 1.89. The van der Waals surface area contributed by atoms with Gasteiger partial charge >= 0.3 is 12.3 Å². The minimum Gasteiger partial charge on any atom is -0.373 e. The van der Waals surface area contributed by atoms with Crippen molar-refractivity contribution in [3.05, 3.63) is 0 Å². The first-order valence-corrected chi connectivity index (χ1v) is 6.82. The Morgan fingerprint density at radius 3 is 2.32 bits per heavy atom. The Bertz CT molecular complexity index is 227. The summed E-state index contributed by atoms with van der Waals surface area (Å²) in [6.07, 6.45) is 1.21. The van der Waals surface area contributed by atoms with Crippen LogP contribution in [0.25, 0.3) is 0 Å². The van der Waals surface area contributed by atoms with E-state index in [1.54, 1.807) is 0 Å². The smallest absolute Gasteiger partial charge is 0.330 e. The molecule has 0 amide bonds. The Morgan fingerprint density at radius 2 is 1.84 bits per heavy atom. The molecule has 0 aromatic rings. The zero-order valence-electron chi connectivity index (χ0n) is 11.7. The fourth-order valence-corrected chi connectivity index (χ4v) is 1.89. The highest BCUT2D eigenvalue weighted by Crippen LogP contribution is 2.23. The van der Waals surface area contributed by atoms with E-state index in [0.29, 0.717) is 12.3 Å². The maximum absolute atomic E-state index is 12.6. The molecule has 0 saturated heterocycles. The van der Waals surface area contributed by atoms with Gasteiger partial charge in [-0.2, -0.15) is 8.78 Å². The van der Waals surface area contributed by atoms with Crippen molar-refractivity contribution in [3.8, 4) is 0 Å². The predicted molar refractivity (Wildman–Crippen MR) is 67.7 cm³/mol. The zero-order valence-corrected chi connectivity index (χ0v) is 11.7. The summed E-state index contributed by atoms with van der Waals surface area (Å²) in [4.78, 5) is 0. The van der Waals surface area contributed by atoms with Crippen LogP contribution in [0.3, 0.4) is 0 Å². The van der Waals surface area contributed by atoms with Crippen LogP contribution >= 0.6 is 0 Å². The van der Waals surface area contributed by atoms with Crippen LogP contribution in [-0.2, 0) is 4.74 Å². The van der Waals surface area contributed by atoms with Crippen molar-refractivity contribution in [2.75, 3.05) is 13.2 Å². The highest BCUT2D eigenvalue weighted by Gasteiger charge is 2.41. The van der Waals surface area contributed by atoms with Gasteiger partial charge in [-0.3, -0.25) is 0 Å². The summed E-state index contributed by atoms with van der Waals surface area (Å²) < 4.78 is 53.5. The number of rotatable bonds is 11. The summed E-state index contributed by atoms with van der Waals surface area (Å²) in [5.74, 6) is -3.65. The molecule has 0 rings (SSSR count). The van der Waals surface area contributed by atoms with Gasteiger partial charge in [0.2, 0.25) is 0 Å². The van der Waals surface area contributed by atoms with Gasteiger partial charge in [0, 0.05) is 6.04 Å². The summed E-state index contributed by atoms with van der Waals surface area (Å²) in [6, 6.07) is -0.379. The molecule has 2 nitrogen and oxygen atoms in total. The van der Waals surface area contributed by atoms with Crippen molar-refractivity contribution in [3.63, 3.8) is 0 Å². The summed E-state index contributed by atoms with van der Waals surface area (Å²) in [7, 11) is 0. The molecule has 2 unspecified atom stereocenters. The van der Waals surface area contributed by atoms with E-state index in [1.807, 2.05) is 0 Å². The first kappa shape index (κ1) is 18.6. The minimum atomic E-state index is -4.09. The van der Waals surface area contributed by atoms with Gasteiger partial charge in [0.1, 0.15) is 6.61 Å². The van der Waals surface area contributed by atoms with Gasteiger partial charge in [0.25, 0.3) is 0 Å². The summed E-state index contributed by atoms with van der Waals surface area (Å²) in [5, 5.41) is 0. The lowest BCUT2D eigenvalue weighted by Gasteiger charge is -2.21. The third-order valence-corrected chi connectivity index (χ3v) is 3.13. The molecule has 6 heteroatoms. The van der Waals surface area contributed by atoms with E-state index >= 15 is 0 Å². The molecule has 116 valence electrons. The van der Waals surface area contributed by atoms with Crippen LogP contribution in [0, 0.1) is 5.92 Å². The molecule has 0 aromatic carbocycles. The van der Waals surface area contributed by atoms with Crippen LogP contribution in [-0.4, -0.2) is 31.6 Å². The molecule has 0 aliphatic rings. The van der Waals surface area contributed by atoms with Crippen LogP contribution in [0.4, 0.5) is 17.6 Å². The van der Waals surface area contributed by atoms with Crippen LogP contribution in [0.5, 0.6) is 0 Å². The van der Waals surface area contributed by atoms with Gasteiger partial charge in [-0.15, -0.1) is 0 Å². The lowest BCUT2D eigenvalue weighted by molar-refractivity contribution is -0.166. The molecule has 0 radical (unpaired) electrons. The van der Waals surface area contributed by atoms with Gasteiger partial charge in [0.15, 0.2) is 0 Å². The van der Waals surface area contributed by atoms with E-state index < -0.39 is 19.0 Å². The Kier molecular flexibility index (Phi) is 9.35. The second-order valence-electron chi connectivity index (χ2n) is 4.99.